The van der Waals surface area contributed by atoms with Gasteiger partial charge in [-0.2, -0.15) is 20.5 Å². The summed E-state index contributed by atoms with van der Waals surface area (Å²) in [6, 6.07) is 3.62. The Bertz CT molecular complexity index is 334. The molecular weight excluding hydrogens is 288 g/mol. The van der Waals surface area contributed by atoms with E-state index in [1.165, 1.54) is 18.6 Å². The summed E-state index contributed by atoms with van der Waals surface area (Å²) >= 11 is 2.47. The highest BCUT2D eigenvalue weighted by Gasteiger charge is 2.06. The Morgan fingerprint density at radius 1 is 1.21 bits per heavy atom. The number of thioether (sulfide) groups is 2. The van der Waals surface area contributed by atoms with E-state index in [0.29, 0.717) is 24.1 Å². The second kappa shape index (κ2) is 10.6. The van der Waals surface area contributed by atoms with Crippen LogP contribution in [0.4, 0.5) is 8.78 Å². The average molecular weight is 309 g/mol. The van der Waals surface area contributed by atoms with Crippen LogP contribution in [0, 0.1) is 0 Å². The van der Waals surface area contributed by atoms with Gasteiger partial charge in [-0.05, 0) is 43.5 Å². The molecule has 0 amide bonds. The van der Waals surface area contributed by atoms with E-state index in [1.54, 1.807) is 6.07 Å². The zero-order valence-corrected chi connectivity index (χ0v) is 12.8. The van der Waals surface area contributed by atoms with E-state index in [4.69, 9.17) is 4.42 Å². The van der Waals surface area contributed by atoms with Gasteiger partial charge in [0.15, 0.2) is 0 Å². The molecule has 1 heterocycles. The number of hydrogen-bond acceptors (Lipinski definition) is 4. The fraction of sp³-hybridized carbons (Fsp3) is 0.692. The van der Waals surface area contributed by atoms with Crippen molar-refractivity contribution in [1.29, 1.82) is 0 Å². The molecule has 1 aromatic heterocycles. The molecule has 110 valence electrons. The molecule has 0 bridgehead atoms. The van der Waals surface area contributed by atoms with Gasteiger partial charge >= 0.3 is 0 Å². The summed E-state index contributed by atoms with van der Waals surface area (Å²) in [6.45, 7) is 1.64. The molecule has 0 aliphatic rings. The quantitative estimate of drug-likeness (QED) is 0.614. The maximum Gasteiger partial charge on any atom is 0.284 e. The summed E-state index contributed by atoms with van der Waals surface area (Å²) in [5.74, 6) is 0.541. The number of nitrogens with one attached hydrogen (secondary N) is 1. The first-order valence-corrected chi connectivity index (χ1v) is 8.83. The van der Waals surface area contributed by atoms with Crippen LogP contribution in [0.25, 0.3) is 0 Å². The van der Waals surface area contributed by atoms with E-state index in [1.807, 2.05) is 17.8 Å². The lowest BCUT2D eigenvalue weighted by molar-refractivity contribution is 0.251. The Hall–Kier alpha value is -0.200. The Labute approximate surface area is 122 Å². The average Bonchev–Trinajstić information content (AvgIpc) is 2.83. The first-order chi connectivity index (χ1) is 9.22. The molecule has 0 saturated carbocycles. The van der Waals surface area contributed by atoms with Crippen LogP contribution in [0.15, 0.2) is 16.5 Å². The van der Waals surface area contributed by atoms with Crippen molar-refractivity contribution in [3.05, 3.63) is 23.7 Å². The van der Waals surface area contributed by atoms with Gasteiger partial charge in [0, 0.05) is 0 Å². The third kappa shape index (κ3) is 8.55. The zero-order valence-electron chi connectivity index (χ0n) is 11.2. The van der Waals surface area contributed by atoms with E-state index in [-0.39, 0.29) is 5.75 Å². The zero-order chi connectivity index (χ0) is 13.9. The highest BCUT2D eigenvalue weighted by molar-refractivity contribution is 7.98. The molecule has 0 aliphatic heterocycles. The largest absolute Gasteiger partial charge is 0.464 e. The van der Waals surface area contributed by atoms with E-state index in [2.05, 4.69) is 11.6 Å². The first-order valence-electron chi connectivity index (χ1n) is 6.39. The summed E-state index contributed by atoms with van der Waals surface area (Å²) < 4.78 is 29.5. The Kier molecular flexibility index (Phi) is 9.38. The molecule has 19 heavy (non-hydrogen) atoms. The van der Waals surface area contributed by atoms with Gasteiger partial charge in [-0.1, -0.05) is 18.2 Å². The van der Waals surface area contributed by atoms with E-state index in [9.17, 15) is 8.78 Å². The molecule has 1 rings (SSSR count). The van der Waals surface area contributed by atoms with Crippen LogP contribution in [0.2, 0.25) is 0 Å². The fourth-order valence-corrected chi connectivity index (χ4v) is 2.56. The van der Waals surface area contributed by atoms with Crippen molar-refractivity contribution >= 4 is 23.5 Å². The molecular formula is C13H21F2NOS2. The number of alkyl halides is 2. The summed E-state index contributed by atoms with van der Waals surface area (Å²) in [7, 11) is 0. The summed E-state index contributed by atoms with van der Waals surface area (Å²) in [5.41, 5.74) is 0. The minimum Gasteiger partial charge on any atom is -0.464 e. The molecule has 0 unspecified atom stereocenters. The third-order valence-electron chi connectivity index (χ3n) is 2.57. The smallest absolute Gasteiger partial charge is 0.284 e. The minimum atomic E-state index is -2.34. The lowest BCUT2D eigenvalue weighted by Gasteiger charge is -2.02. The predicted octanol–water partition coefficient (Wildman–Crippen LogP) is 4.36. The lowest BCUT2D eigenvalue weighted by atomic mass is 10.2. The number of hydrogen-bond donors (Lipinski definition) is 1. The van der Waals surface area contributed by atoms with Gasteiger partial charge in [-0.3, -0.25) is 0 Å². The molecule has 0 aromatic carbocycles. The van der Waals surface area contributed by atoms with Crippen molar-refractivity contribution in [2.75, 3.05) is 18.6 Å². The molecule has 0 aliphatic carbocycles. The van der Waals surface area contributed by atoms with Crippen LogP contribution in [-0.4, -0.2) is 24.3 Å². The van der Waals surface area contributed by atoms with Crippen LogP contribution in [0.5, 0.6) is 0 Å². The van der Waals surface area contributed by atoms with E-state index >= 15 is 0 Å². The van der Waals surface area contributed by atoms with Gasteiger partial charge in [0.05, 0.1) is 12.3 Å². The molecule has 0 spiro atoms. The Morgan fingerprint density at radius 3 is 2.74 bits per heavy atom. The molecule has 1 N–H and O–H groups in total. The maximum atomic E-state index is 12.0. The van der Waals surface area contributed by atoms with Crippen molar-refractivity contribution in [1.82, 2.24) is 5.32 Å². The van der Waals surface area contributed by atoms with E-state index in [0.717, 1.165) is 18.7 Å². The molecule has 0 atom stereocenters. The SMILES string of the molecule is CSCCCCCNCc1ccc(CSC(F)F)o1. The highest BCUT2D eigenvalue weighted by Crippen LogP contribution is 2.21. The van der Waals surface area contributed by atoms with Crippen molar-refractivity contribution < 1.29 is 13.2 Å². The van der Waals surface area contributed by atoms with Crippen LogP contribution in [0.1, 0.15) is 30.8 Å². The molecule has 2 nitrogen and oxygen atoms in total. The van der Waals surface area contributed by atoms with Gasteiger partial charge in [0.25, 0.3) is 5.76 Å². The summed E-state index contributed by atoms with van der Waals surface area (Å²) in [4.78, 5) is 0. The maximum absolute atomic E-state index is 12.0. The summed E-state index contributed by atoms with van der Waals surface area (Å²) in [5, 5.41) is 3.30. The van der Waals surface area contributed by atoms with Crippen molar-refractivity contribution in [2.24, 2.45) is 0 Å². The molecule has 0 radical (unpaired) electrons. The topological polar surface area (TPSA) is 25.2 Å². The van der Waals surface area contributed by atoms with Crippen molar-refractivity contribution in [3.63, 3.8) is 0 Å². The minimum absolute atomic E-state index is 0.229. The van der Waals surface area contributed by atoms with Crippen LogP contribution >= 0.6 is 23.5 Å². The number of rotatable bonds is 11. The Balaban J connectivity index is 2.06. The van der Waals surface area contributed by atoms with Gasteiger partial charge in [0.1, 0.15) is 11.5 Å². The summed E-state index contributed by atoms with van der Waals surface area (Å²) in [6.07, 6.45) is 5.79. The van der Waals surface area contributed by atoms with Crippen molar-refractivity contribution in [3.8, 4) is 0 Å². The Morgan fingerprint density at radius 2 is 2.00 bits per heavy atom. The van der Waals surface area contributed by atoms with Gasteiger partial charge in [-0.15, -0.1) is 0 Å². The second-order valence-electron chi connectivity index (χ2n) is 4.17. The highest BCUT2D eigenvalue weighted by atomic mass is 32.2. The fourth-order valence-electron chi connectivity index (χ4n) is 1.62. The molecule has 0 saturated heterocycles. The van der Waals surface area contributed by atoms with Crippen LogP contribution in [0.3, 0.4) is 0 Å². The number of halogens is 2. The van der Waals surface area contributed by atoms with E-state index < -0.39 is 5.76 Å². The number of furan rings is 1. The van der Waals surface area contributed by atoms with Crippen LogP contribution < -0.4 is 5.32 Å². The van der Waals surface area contributed by atoms with Gasteiger partial charge < -0.3 is 9.73 Å². The lowest BCUT2D eigenvalue weighted by Crippen LogP contribution is -2.14. The van der Waals surface area contributed by atoms with Gasteiger partial charge in [-0.25, -0.2) is 0 Å². The van der Waals surface area contributed by atoms with Crippen molar-refractivity contribution in [2.45, 2.75) is 37.3 Å². The first kappa shape index (κ1) is 16.9. The van der Waals surface area contributed by atoms with Gasteiger partial charge in [0.2, 0.25) is 0 Å². The monoisotopic (exact) mass is 309 g/mol. The number of unbranched alkanes of at least 4 members (excludes halogenated alkanes) is 2. The molecule has 6 heteroatoms. The third-order valence-corrected chi connectivity index (χ3v) is 3.97. The molecule has 1 aromatic rings. The normalized spacial score (nSPS) is 11.4. The predicted molar refractivity (Wildman–Crippen MR) is 79.9 cm³/mol. The van der Waals surface area contributed by atoms with Crippen LogP contribution in [-0.2, 0) is 12.3 Å². The standard InChI is InChI=1S/C13H21F2NOS2/c1-18-8-4-2-3-7-16-9-11-5-6-12(17-11)10-19-13(14)15/h5-6,13,16H,2-4,7-10H2,1H3. The second-order valence-corrected chi connectivity index (χ2v) is 6.13. The molecule has 0 fully saturated rings.